The molecule has 0 radical (unpaired) electrons. The number of aliphatic hydroxyl groups excluding tert-OH is 1. The molecule has 1 aromatic carbocycles. The molecule has 1 atom stereocenters. The molecule has 0 aliphatic carbocycles. The molecule has 0 spiro atoms. The number of piperidine rings is 1. The summed E-state index contributed by atoms with van der Waals surface area (Å²) < 4.78 is 41.2. The number of rotatable bonds is 4. The maximum Gasteiger partial charge on any atom is 0.246 e. The first-order chi connectivity index (χ1) is 9.91. The van der Waals surface area contributed by atoms with Crippen molar-refractivity contribution in [1.29, 1.82) is 0 Å². The van der Waals surface area contributed by atoms with Gasteiger partial charge in [0.1, 0.15) is 10.7 Å². The first kappa shape index (κ1) is 16.7. The summed E-state index contributed by atoms with van der Waals surface area (Å²) in [6.07, 6.45) is 3.22. The van der Waals surface area contributed by atoms with Gasteiger partial charge in [-0.05, 0) is 31.4 Å². The van der Waals surface area contributed by atoms with E-state index in [1.165, 1.54) is 10.4 Å². The van der Waals surface area contributed by atoms with Gasteiger partial charge in [-0.2, -0.15) is 4.31 Å². The largest absolute Gasteiger partial charge is 0.392 e. The minimum absolute atomic E-state index is 0.101. The van der Waals surface area contributed by atoms with Gasteiger partial charge in [-0.3, -0.25) is 0 Å². The van der Waals surface area contributed by atoms with E-state index in [1.807, 2.05) is 6.92 Å². The highest BCUT2D eigenvalue weighted by Crippen LogP contribution is 2.31. The van der Waals surface area contributed by atoms with Crippen LogP contribution in [0.5, 0.6) is 0 Å². The molecule has 118 valence electrons. The minimum atomic E-state index is -3.95. The second-order valence-corrected chi connectivity index (χ2v) is 7.50. The Balaban J connectivity index is 2.50. The van der Waals surface area contributed by atoms with Crippen molar-refractivity contribution >= 4 is 21.6 Å². The monoisotopic (exact) mass is 335 g/mol. The Bertz CT molecular complexity index is 621. The molecule has 1 aliphatic rings. The summed E-state index contributed by atoms with van der Waals surface area (Å²) >= 11 is 5.86. The van der Waals surface area contributed by atoms with Gasteiger partial charge in [-0.15, -0.1) is 0 Å². The van der Waals surface area contributed by atoms with Crippen LogP contribution in [-0.2, 0) is 16.6 Å². The average Bonchev–Trinajstić information content (AvgIpc) is 2.48. The fourth-order valence-electron chi connectivity index (χ4n) is 2.75. The normalized spacial score (nSPS) is 20.7. The number of nitrogens with zero attached hydrogens (tertiary/aromatic N) is 1. The third-order valence-electron chi connectivity index (χ3n) is 3.88. The molecule has 0 bridgehead atoms. The van der Waals surface area contributed by atoms with E-state index in [9.17, 15) is 12.8 Å². The molecule has 1 aromatic rings. The Labute approximate surface area is 129 Å². The van der Waals surface area contributed by atoms with Crippen molar-refractivity contribution in [2.24, 2.45) is 0 Å². The Morgan fingerprint density at radius 1 is 1.43 bits per heavy atom. The van der Waals surface area contributed by atoms with Gasteiger partial charge in [-0.1, -0.05) is 24.9 Å². The van der Waals surface area contributed by atoms with Crippen molar-refractivity contribution in [3.05, 3.63) is 28.5 Å². The number of sulfonamides is 1. The Morgan fingerprint density at radius 2 is 2.14 bits per heavy atom. The number of aliphatic hydroxyl groups is 1. The zero-order chi connectivity index (χ0) is 15.6. The molecule has 1 N–H and O–H groups in total. The molecular formula is C14H19ClFNO3S. The second-order valence-electron chi connectivity index (χ2n) is 5.21. The van der Waals surface area contributed by atoms with E-state index in [1.54, 1.807) is 0 Å². The lowest BCUT2D eigenvalue weighted by Gasteiger charge is -2.34. The SMILES string of the molecule is CCC1CCCCN1S(=O)(=O)c1cc(Cl)cc(CO)c1F. The average molecular weight is 336 g/mol. The molecular weight excluding hydrogens is 317 g/mol. The summed E-state index contributed by atoms with van der Waals surface area (Å²) in [6, 6.07) is 2.25. The fraction of sp³-hybridized carbons (Fsp3) is 0.571. The van der Waals surface area contributed by atoms with Crippen LogP contribution in [0.1, 0.15) is 38.2 Å². The Hall–Kier alpha value is -0.690. The van der Waals surface area contributed by atoms with E-state index in [-0.39, 0.29) is 16.6 Å². The number of hydrogen-bond acceptors (Lipinski definition) is 3. The van der Waals surface area contributed by atoms with Crippen molar-refractivity contribution in [2.75, 3.05) is 6.54 Å². The lowest BCUT2D eigenvalue weighted by Crippen LogP contribution is -2.43. The van der Waals surface area contributed by atoms with Gasteiger partial charge in [0.2, 0.25) is 10.0 Å². The van der Waals surface area contributed by atoms with Crippen LogP contribution in [0.2, 0.25) is 5.02 Å². The lowest BCUT2D eigenvalue weighted by molar-refractivity contribution is 0.245. The van der Waals surface area contributed by atoms with E-state index in [0.717, 1.165) is 25.3 Å². The highest BCUT2D eigenvalue weighted by molar-refractivity contribution is 7.89. The molecule has 1 unspecified atom stereocenters. The number of halogens is 2. The number of benzene rings is 1. The molecule has 0 saturated carbocycles. The van der Waals surface area contributed by atoms with Gasteiger partial charge in [0.05, 0.1) is 6.61 Å². The minimum Gasteiger partial charge on any atom is -0.392 e. The summed E-state index contributed by atoms with van der Waals surface area (Å²) in [4.78, 5) is -0.445. The first-order valence-corrected chi connectivity index (χ1v) is 8.84. The Morgan fingerprint density at radius 3 is 2.76 bits per heavy atom. The van der Waals surface area contributed by atoms with Crippen molar-refractivity contribution < 1.29 is 17.9 Å². The zero-order valence-electron chi connectivity index (χ0n) is 11.8. The van der Waals surface area contributed by atoms with Gasteiger partial charge in [0.25, 0.3) is 0 Å². The standard InChI is InChI=1S/C14H19ClFNO3S/c1-2-12-5-3-4-6-17(12)21(19,20)13-8-11(15)7-10(9-18)14(13)16/h7-8,12,18H,2-6,9H2,1H3. The van der Waals surface area contributed by atoms with Crippen LogP contribution in [0.4, 0.5) is 4.39 Å². The molecule has 7 heteroatoms. The van der Waals surface area contributed by atoms with Crippen molar-refractivity contribution in [1.82, 2.24) is 4.31 Å². The van der Waals surface area contributed by atoms with Crippen molar-refractivity contribution in [3.63, 3.8) is 0 Å². The maximum atomic E-state index is 14.3. The van der Waals surface area contributed by atoms with E-state index < -0.39 is 27.3 Å². The van der Waals surface area contributed by atoms with E-state index in [4.69, 9.17) is 16.7 Å². The molecule has 21 heavy (non-hydrogen) atoms. The predicted octanol–water partition coefficient (Wildman–Crippen LogP) is 2.92. The van der Waals surface area contributed by atoms with Crippen LogP contribution < -0.4 is 0 Å². The van der Waals surface area contributed by atoms with E-state index in [0.29, 0.717) is 13.0 Å². The van der Waals surface area contributed by atoms with Crippen LogP contribution in [0.15, 0.2) is 17.0 Å². The summed E-state index contributed by atoms with van der Waals surface area (Å²) in [5.41, 5.74) is -0.105. The smallest absolute Gasteiger partial charge is 0.246 e. The lowest BCUT2D eigenvalue weighted by atomic mass is 10.0. The first-order valence-electron chi connectivity index (χ1n) is 7.02. The zero-order valence-corrected chi connectivity index (χ0v) is 13.4. The fourth-order valence-corrected chi connectivity index (χ4v) is 4.95. The van der Waals surface area contributed by atoms with Crippen LogP contribution in [0.3, 0.4) is 0 Å². The van der Waals surface area contributed by atoms with Crippen LogP contribution in [0.25, 0.3) is 0 Å². The van der Waals surface area contributed by atoms with E-state index in [2.05, 4.69) is 0 Å². The van der Waals surface area contributed by atoms with E-state index >= 15 is 0 Å². The topological polar surface area (TPSA) is 57.6 Å². The van der Waals surface area contributed by atoms with Crippen molar-refractivity contribution in [2.45, 2.75) is 50.2 Å². The van der Waals surface area contributed by atoms with Gasteiger partial charge in [-0.25, -0.2) is 12.8 Å². The Kier molecular flexibility index (Phi) is 5.24. The maximum absolute atomic E-state index is 14.3. The highest BCUT2D eigenvalue weighted by atomic mass is 35.5. The van der Waals surface area contributed by atoms with Gasteiger partial charge < -0.3 is 5.11 Å². The predicted molar refractivity (Wildman–Crippen MR) is 79.2 cm³/mol. The molecule has 1 aliphatic heterocycles. The van der Waals surface area contributed by atoms with Crippen LogP contribution in [-0.4, -0.2) is 30.4 Å². The van der Waals surface area contributed by atoms with Crippen molar-refractivity contribution in [3.8, 4) is 0 Å². The van der Waals surface area contributed by atoms with Gasteiger partial charge in [0.15, 0.2) is 0 Å². The summed E-state index contributed by atoms with van der Waals surface area (Å²) in [5.74, 6) is -0.915. The van der Waals surface area contributed by atoms with Crippen LogP contribution >= 0.6 is 11.6 Å². The molecule has 0 amide bonds. The number of hydrogen-bond donors (Lipinski definition) is 1. The van der Waals surface area contributed by atoms with Gasteiger partial charge in [0, 0.05) is 23.2 Å². The second kappa shape index (κ2) is 6.60. The molecule has 1 heterocycles. The molecule has 0 aromatic heterocycles. The third-order valence-corrected chi connectivity index (χ3v) is 6.05. The molecule has 1 fully saturated rings. The molecule has 4 nitrogen and oxygen atoms in total. The summed E-state index contributed by atoms with van der Waals surface area (Å²) in [7, 11) is -3.95. The summed E-state index contributed by atoms with van der Waals surface area (Å²) in [6.45, 7) is 1.72. The quantitative estimate of drug-likeness (QED) is 0.920. The highest BCUT2D eigenvalue weighted by Gasteiger charge is 2.35. The third kappa shape index (κ3) is 3.23. The summed E-state index contributed by atoms with van der Waals surface area (Å²) in [5, 5.41) is 9.24. The molecule has 1 saturated heterocycles. The molecule has 2 rings (SSSR count). The van der Waals surface area contributed by atoms with Crippen LogP contribution in [0, 0.1) is 5.82 Å². The van der Waals surface area contributed by atoms with Gasteiger partial charge >= 0.3 is 0 Å².